The number of rotatable bonds is 2. The van der Waals surface area contributed by atoms with Crippen LogP contribution in [0.4, 0.5) is 20.5 Å². The van der Waals surface area contributed by atoms with Gasteiger partial charge >= 0.3 is 0 Å². The predicted molar refractivity (Wildman–Crippen MR) is 94.8 cm³/mol. The van der Waals surface area contributed by atoms with Crippen LogP contribution in [0.3, 0.4) is 0 Å². The number of piperidine rings is 3. The third-order valence-electron chi connectivity index (χ3n) is 6.26. The van der Waals surface area contributed by atoms with Crippen molar-refractivity contribution in [2.75, 3.05) is 30.3 Å². The molecule has 2 N–H and O–H groups in total. The second-order valence-corrected chi connectivity index (χ2v) is 7.59. The Labute approximate surface area is 150 Å². The fourth-order valence-corrected chi connectivity index (χ4v) is 5.29. The third kappa shape index (κ3) is 2.45. The minimum Gasteiger partial charge on any atom is -0.368 e. The van der Waals surface area contributed by atoms with Crippen LogP contribution in [0.25, 0.3) is 0 Å². The number of nitrogen functional groups attached to an aromatic ring is 1. The number of halogens is 2. The molecule has 0 unspecified atom stereocenters. The molecule has 5 nitrogen and oxygen atoms in total. The fourth-order valence-electron chi connectivity index (χ4n) is 5.29. The molecule has 2 aromatic rings. The molecule has 0 aliphatic carbocycles. The van der Waals surface area contributed by atoms with E-state index in [9.17, 15) is 8.78 Å². The lowest BCUT2D eigenvalue weighted by molar-refractivity contribution is 0.0354. The molecule has 1 aromatic heterocycles. The minimum absolute atomic E-state index is 0.0458. The van der Waals surface area contributed by atoms with Gasteiger partial charge in [-0.1, -0.05) is 0 Å². The van der Waals surface area contributed by atoms with E-state index in [0.717, 1.165) is 43.4 Å². The first kappa shape index (κ1) is 15.9. The molecule has 4 aliphatic heterocycles. The van der Waals surface area contributed by atoms with Gasteiger partial charge in [0.05, 0.1) is 0 Å². The van der Waals surface area contributed by atoms with E-state index in [0.29, 0.717) is 18.5 Å². The number of anilines is 2. The van der Waals surface area contributed by atoms with Gasteiger partial charge in [0.1, 0.15) is 17.5 Å². The molecule has 7 heteroatoms. The summed E-state index contributed by atoms with van der Waals surface area (Å²) in [5, 5.41) is 0. The molecule has 3 atom stereocenters. The highest BCUT2D eigenvalue weighted by atomic mass is 19.1. The maximum absolute atomic E-state index is 13.9. The molecule has 2 bridgehead atoms. The maximum atomic E-state index is 13.9. The fraction of sp³-hybridized carbons (Fsp3) is 0.474. The van der Waals surface area contributed by atoms with Gasteiger partial charge in [0.15, 0.2) is 0 Å². The van der Waals surface area contributed by atoms with Crippen molar-refractivity contribution in [2.45, 2.75) is 30.8 Å². The van der Waals surface area contributed by atoms with E-state index in [2.05, 4.69) is 19.8 Å². The van der Waals surface area contributed by atoms with Gasteiger partial charge < -0.3 is 10.6 Å². The van der Waals surface area contributed by atoms with Crippen LogP contribution in [0.2, 0.25) is 0 Å². The summed E-state index contributed by atoms with van der Waals surface area (Å²) in [6, 6.07) is 6.31. The standard InChI is InChI=1S/C19H21F2N5/c20-13-7-12(8-14(21)9-13)15-10-26(16-1-4-23-19(22)24-16)17-11-2-5-25(6-3-11)18(15)17/h1,4,7-9,11,15,17-18H,2-3,5-6,10H2,(H2,22,23,24)/t15-,17+,18+/m0/s1. The normalized spacial score (nSPS) is 32.7. The second kappa shape index (κ2) is 5.87. The van der Waals surface area contributed by atoms with Crippen molar-refractivity contribution in [3.05, 3.63) is 47.7 Å². The minimum atomic E-state index is -0.516. The van der Waals surface area contributed by atoms with E-state index in [1.54, 1.807) is 6.20 Å². The first-order chi connectivity index (χ1) is 12.6. The van der Waals surface area contributed by atoms with Crippen LogP contribution in [0.15, 0.2) is 30.5 Å². The van der Waals surface area contributed by atoms with Crippen LogP contribution in [0.5, 0.6) is 0 Å². The zero-order valence-electron chi connectivity index (χ0n) is 14.4. The van der Waals surface area contributed by atoms with Crippen molar-refractivity contribution in [1.82, 2.24) is 14.9 Å². The van der Waals surface area contributed by atoms with Crippen LogP contribution >= 0.6 is 0 Å². The Kier molecular flexibility index (Phi) is 3.60. The monoisotopic (exact) mass is 357 g/mol. The summed E-state index contributed by atoms with van der Waals surface area (Å²) in [6.45, 7) is 2.79. The summed E-state index contributed by atoms with van der Waals surface area (Å²) in [4.78, 5) is 13.2. The molecule has 1 aromatic carbocycles. The number of nitrogens with two attached hydrogens (primary N) is 1. The van der Waals surface area contributed by atoms with E-state index in [4.69, 9.17) is 5.73 Å². The highest BCUT2D eigenvalue weighted by Crippen LogP contribution is 2.47. The average Bonchev–Trinajstić information content (AvgIpc) is 3.05. The Balaban J connectivity index is 1.58. The summed E-state index contributed by atoms with van der Waals surface area (Å²) < 4.78 is 27.7. The average molecular weight is 357 g/mol. The predicted octanol–water partition coefficient (Wildman–Crippen LogP) is 2.40. The first-order valence-electron chi connectivity index (χ1n) is 9.15. The van der Waals surface area contributed by atoms with E-state index in [1.165, 1.54) is 12.1 Å². The van der Waals surface area contributed by atoms with Crippen LogP contribution in [-0.2, 0) is 0 Å². The van der Waals surface area contributed by atoms with Crippen LogP contribution in [0.1, 0.15) is 24.3 Å². The molecule has 0 saturated carbocycles. The zero-order chi connectivity index (χ0) is 17.8. The first-order valence-corrected chi connectivity index (χ1v) is 9.15. The molecule has 4 fully saturated rings. The lowest BCUT2D eigenvalue weighted by atomic mass is 9.75. The van der Waals surface area contributed by atoms with Gasteiger partial charge in [0.2, 0.25) is 5.95 Å². The lowest BCUT2D eigenvalue weighted by Gasteiger charge is -2.51. The van der Waals surface area contributed by atoms with Crippen molar-refractivity contribution in [3.8, 4) is 0 Å². The third-order valence-corrected chi connectivity index (χ3v) is 6.26. The molecule has 136 valence electrons. The van der Waals surface area contributed by atoms with E-state index in [-0.39, 0.29) is 17.9 Å². The van der Waals surface area contributed by atoms with Crippen molar-refractivity contribution in [1.29, 1.82) is 0 Å². The van der Waals surface area contributed by atoms with Gasteiger partial charge in [0.25, 0.3) is 0 Å². The Hall–Kier alpha value is -2.28. The van der Waals surface area contributed by atoms with Gasteiger partial charge in [-0.2, -0.15) is 4.98 Å². The Bertz CT molecular complexity index is 816. The molecular formula is C19H21F2N5. The van der Waals surface area contributed by atoms with Crippen molar-refractivity contribution < 1.29 is 8.78 Å². The van der Waals surface area contributed by atoms with Gasteiger partial charge in [-0.15, -0.1) is 0 Å². The Morgan fingerprint density at radius 1 is 1.04 bits per heavy atom. The molecule has 4 aliphatic rings. The number of benzene rings is 1. The van der Waals surface area contributed by atoms with Gasteiger partial charge in [-0.25, -0.2) is 13.8 Å². The topological polar surface area (TPSA) is 58.3 Å². The van der Waals surface area contributed by atoms with Crippen molar-refractivity contribution >= 4 is 11.8 Å². The Morgan fingerprint density at radius 3 is 2.46 bits per heavy atom. The van der Waals surface area contributed by atoms with E-state index in [1.807, 2.05) is 6.07 Å². The summed E-state index contributed by atoms with van der Waals surface area (Å²) >= 11 is 0. The zero-order valence-corrected chi connectivity index (χ0v) is 14.4. The van der Waals surface area contributed by atoms with Crippen LogP contribution in [0, 0.1) is 17.6 Å². The lowest BCUT2D eigenvalue weighted by Crippen LogP contribution is -2.60. The number of fused-ring (bicyclic) bond motifs is 2. The second-order valence-electron chi connectivity index (χ2n) is 7.59. The highest BCUT2D eigenvalue weighted by molar-refractivity contribution is 5.48. The SMILES string of the molecule is Nc1nccc(N2C[C@@H](c3cc(F)cc(F)c3)[C@@H]3[C@H]2C2CCN3CC2)n1. The smallest absolute Gasteiger partial charge is 0.221 e. The molecule has 0 radical (unpaired) electrons. The quantitative estimate of drug-likeness (QED) is 0.894. The van der Waals surface area contributed by atoms with Gasteiger partial charge in [0, 0.05) is 36.8 Å². The number of hydrogen-bond donors (Lipinski definition) is 1. The number of aromatic nitrogens is 2. The summed E-state index contributed by atoms with van der Waals surface area (Å²) in [5.41, 5.74) is 6.53. The largest absolute Gasteiger partial charge is 0.368 e. The summed E-state index contributed by atoms with van der Waals surface area (Å²) in [5.74, 6) is 0.643. The number of nitrogens with zero attached hydrogens (tertiary/aromatic N) is 4. The molecule has 0 spiro atoms. The molecule has 0 amide bonds. The summed E-state index contributed by atoms with van der Waals surface area (Å²) in [6.07, 6.45) is 3.98. The number of hydrogen-bond acceptors (Lipinski definition) is 5. The van der Waals surface area contributed by atoms with E-state index < -0.39 is 11.6 Å². The van der Waals surface area contributed by atoms with Gasteiger partial charge in [-0.05, 0) is 55.6 Å². The van der Waals surface area contributed by atoms with Crippen molar-refractivity contribution in [2.24, 2.45) is 5.92 Å². The summed E-state index contributed by atoms with van der Waals surface area (Å²) in [7, 11) is 0. The molecular weight excluding hydrogens is 336 g/mol. The maximum Gasteiger partial charge on any atom is 0.221 e. The van der Waals surface area contributed by atoms with E-state index >= 15 is 0 Å². The molecule has 5 heterocycles. The Morgan fingerprint density at radius 2 is 1.77 bits per heavy atom. The van der Waals surface area contributed by atoms with Gasteiger partial charge in [-0.3, -0.25) is 4.90 Å². The molecule has 26 heavy (non-hydrogen) atoms. The van der Waals surface area contributed by atoms with Crippen LogP contribution < -0.4 is 10.6 Å². The van der Waals surface area contributed by atoms with Crippen molar-refractivity contribution in [3.63, 3.8) is 0 Å². The highest BCUT2D eigenvalue weighted by Gasteiger charge is 2.53. The molecule has 6 rings (SSSR count). The molecule has 4 saturated heterocycles. The van der Waals surface area contributed by atoms with Crippen LogP contribution in [-0.4, -0.2) is 46.6 Å².